The van der Waals surface area contributed by atoms with Crippen LogP contribution < -0.4 is 5.32 Å². The molecular formula is C14H20F2N2OS. The van der Waals surface area contributed by atoms with Crippen molar-refractivity contribution in [2.24, 2.45) is 0 Å². The summed E-state index contributed by atoms with van der Waals surface area (Å²) >= 11 is 1.07. The summed E-state index contributed by atoms with van der Waals surface area (Å²) in [6.45, 7) is 7.40. The van der Waals surface area contributed by atoms with Crippen molar-refractivity contribution < 1.29 is 13.6 Å². The van der Waals surface area contributed by atoms with Gasteiger partial charge in [-0.15, -0.1) is 11.8 Å². The van der Waals surface area contributed by atoms with E-state index in [1.165, 1.54) is 12.1 Å². The fraction of sp³-hybridized carbons (Fsp3) is 0.500. The number of hydrogen-bond donors (Lipinski definition) is 1. The third kappa shape index (κ3) is 5.88. The maximum atomic E-state index is 13.4. The number of carbonyl (C=O) groups is 1. The van der Waals surface area contributed by atoms with E-state index in [0.717, 1.165) is 37.5 Å². The second kappa shape index (κ2) is 8.92. The molecule has 3 nitrogen and oxygen atoms in total. The van der Waals surface area contributed by atoms with E-state index in [2.05, 4.69) is 24.1 Å². The number of rotatable bonds is 8. The van der Waals surface area contributed by atoms with Crippen LogP contribution in [0.3, 0.4) is 0 Å². The minimum Gasteiger partial charge on any atom is -0.354 e. The minimum absolute atomic E-state index is 0.126. The Labute approximate surface area is 122 Å². The highest BCUT2D eigenvalue weighted by molar-refractivity contribution is 8.00. The lowest BCUT2D eigenvalue weighted by atomic mass is 10.3. The Morgan fingerprint density at radius 1 is 1.30 bits per heavy atom. The van der Waals surface area contributed by atoms with Crippen molar-refractivity contribution in [2.75, 3.05) is 31.9 Å². The van der Waals surface area contributed by atoms with Crippen LogP contribution in [0.25, 0.3) is 0 Å². The first-order valence-electron chi connectivity index (χ1n) is 6.63. The molecule has 1 amide bonds. The van der Waals surface area contributed by atoms with Gasteiger partial charge in [0, 0.05) is 24.1 Å². The Morgan fingerprint density at radius 2 is 2.00 bits per heavy atom. The maximum Gasteiger partial charge on any atom is 0.230 e. The van der Waals surface area contributed by atoms with Gasteiger partial charge in [-0.1, -0.05) is 13.8 Å². The van der Waals surface area contributed by atoms with Crippen LogP contribution in [0.15, 0.2) is 23.1 Å². The predicted octanol–water partition coefficient (Wildman–Crippen LogP) is 2.51. The van der Waals surface area contributed by atoms with Crippen LogP contribution in [0.1, 0.15) is 13.8 Å². The van der Waals surface area contributed by atoms with Gasteiger partial charge >= 0.3 is 0 Å². The lowest BCUT2D eigenvalue weighted by Crippen LogP contribution is -2.35. The SMILES string of the molecule is CCN(CC)CCNC(=O)CSc1ccc(F)cc1F. The van der Waals surface area contributed by atoms with Crippen molar-refractivity contribution in [1.29, 1.82) is 0 Å². The number of nitrogens with one attached hydrogen (secondary N) is 1. The van der Waals surface area contributed by atoms with Gasteiger partial charge in [-0.25, -0.2) is 8.78 Å². The molecule has 0 fully saturated rings. The minimum atomic E-state index is -0.633. The van der Waals surface area contributed by atoms with Crippen LogP contribution in [0.5, 0.6) is 0 Å². The van der Waals surface area contributed by atoms with Crippen molar-refractivity contribution >= 4 is 17.7 Å². The summed E-state index contributed by atoms with van der Waals surface area (Å²) in [6.07, 6.45) is 0. The number of carbonyl (C=O) groups excluding carboxylic acids is 1. The quantitative estimate of drug-likeness (QED) is 0.749. The van der Waals surface area contributed by atoms with Gasteiger partial charge in [0.15, 0.2) is 0 Å². The lowest BCUT2D eigenvalue weighted by Gasteiger charge is -2.17. The molecule has 0 saturated heterocycles. The van der Waals surface area contributed by atoms with Crippen molar-refractivity contribution in [3.63, 3.8) is 0 Å². The zero-order valence-corrected chi connectivity index (χ0v) is 12.6. The second-order valence-electron chi connectivity index (χ2n) is 4.24. The Hall–Kier alpha value is -1.14. The Bertz CT molecular complexity index is 439. The topological polar surface area (TPSA) is 32.3 Å². The van der Waals surface area contributed by atoms with Crippen LogP contribution in [0.4, 0.5) is 8.78 Å². The van der Waals surface area contributed by atoms with Gasteiger partial charge in [0.05, 0.1) is 5.75 Å². The summed E-state index contributed by atoms with van der Waals surface area (Å²) in [5, 5.41) is 2.78. The van der Waals surface area contributed by atoms with Crippen LogP contribution in [0.2, 0.25) is 0 Å². The summed E-state index contributed by atoms with van der Waals surface area (Å²) in [5.74, 6) is -1.27. The first-order valence-corrected chi connectivity index (χ1v) is 7.62. The molecule has 0 aliphatic carbocycles. The van der Waals surface area contributed by atoms with E-state index < -0.39 is 11.6 Å². The molecule has 112 valence electrons. The standard InChI is InChI=1S/C14H20F2N2OS/c1-3-18(4-2)8-7-17-14(19)10-20-13-6-5-11(15)9-12(13)16/h5-6,9H,3-4,7-8,10H2,1-2H3,(H,17,19). The normalized spacial score (nSPS) is 10.8. The van der Waals surface area contributed by atoms with Crippen molar-refractivity contribution in [3.05, 3.63) is 29.8 Å². The fourth-order valence-electron chi connectivity index (χ4n) is 1.68. The lowest BCUT2D eigenvalue weighted by molar-refractivity contribution is -0.118. The number of benzene rings is 1. The zero-order chi connectivity index (χ0) is 15.0. The van der Waals surface area contributed by atoms with E-state index in [1.807, 2.05) is 0 Å². The fourth-order valence-corrected chi connectivity index (χ4v) is 2.43. The molecule has 1 N–H and O–H groups in total. The third-order valence-corrected chi connectivity index (χ3v) is 3.95. The molecule has 0 spiro atoms. The van der Waals surface area contributed by atoms with Gasteiger partial charge in [-0.3, -0.25) is 4.79 Å². The van der Waals surface area contributed by atoms with Gasteiger partial charge < -0.3 is 10.2 Å². The number of hydrogen-bond acceptors (Lipinski definition) is 3. The number of likely N-dealkylation sites (N-methyl/N-ethyl adjacent to an activating group) is 1. The van der Waals surface area contributed by atoms with Crippen LogP contribution in [0, 0.1) is 11.6 Å². The first kappa shape index (κ1) is 16.9. The Morgan fingerprint density at radius 3 is 2.60 bits per heavy atom. The van der Waals surface area contributed by atoms with Crippen molar-refractivity contribution in [2.45, 2.75) is 18.7 Å². The van der Waals surface area contributed by atoms with Gasteiger partial charge in [-0.2, -0.15) is 0 Å². The van der Waals surface area contributed by atoms with Gasteiger partial charge in [-0.05, 0) is 25.2 Å². The summed E-state index contributed by atoms with van der Waals surface area (Å²) < 4.78 is 26.1. The van der Waals surface area contributed by atoms with E-state index in [9.17, 15) is 13.6 Å². The largest absolute Gasteiger partial charge is 0.354 e. The van der Waals surface area contributed by atoms with Crippen molar-refractivity contribution in [3.8, 4) is 0 Å². The molecule has 0 radical (unpaired) electrons. The van der Waals surface area contributed by atoms with E-state index >= 15 is 0 Å². The number of amides is 1. The van der Waals surface area contributed by atoms with Crippen LogP contribution in [-0.2, 0) is 4.79 Å². The van der Waals surface area contributed by atoms with E-state index in [1.54, 1.807) is 0 Å². The highest BCUT2D eigenvalue weighted by atomic mass is 32.2. The number of thioether (sulfide) groups is 1. The molecule has 0 atom stereocenters. The monoisotopic (exact) mass is 302 g/mol. The van der Waals surface area contributed by atoms with Crippen LogP contribution >= 0.6 is 11.8 Å². The molecular weight excluding hydrogens is 282 g/mol. The predicted molar refractivity (Wildman–Crippen MR) is 77.9 cm³/mol. The second-order valence-corrected chi connectivity index (χ2v) is 5.26. The van der Waals surface area contributed by atoms with E-state index in [4.69, 9.17) is 0 Å². The maximum absolute atomic E-state index is 13.4. The molecule has 0 aliphatic heterocycles. The Balaban J connectivity index is 2.29. The van der Waals surface area contributed by atoms with Crippen molar-refractivity contribution in [1.82, 2.24) is 10.2 Å². The number of halogens is 2. The highest BCUT2D eigenvalue weighted by Crippen LogP contribution is 2.21. The average molecular weight is 302 g/mol. The molecule has 0 aliphatic rings. The summed E-state index contributed by atoms with van der Waals surface area (Å²) in [4.78, 5) is 14.1. The molecule has 0 aromatic heterocycles. The summed E-state index contributed by atoms with van der Waals surface area (Å²) in [5.41, 5.74) is 0. The smallest absolute Gasteiger partial charge is 0.230 e. The zero-order valence-electron chi connectivity index (χ0n) is 11.8. The van der Waals surface area contributed by atoms with Gasteiger partial charge in [0.25, 0.3) is 0 Å². The number of nitrogens with zero attached hydrogens (tertiary/aromatic N) is 1. The molecule has 20 heavy (non-hydrogen) atoms. The van der Waals surface area contributed by atoms with Crippen LogP contribution in [-0.4, -0.2) is 42.7 Å². The molecule has 0 saturated carbocycles. The van der Waals surface area contributed by atoms with Gasteiger partial charge in [0.2, 0.25) is 5.91 Å². The molecule has 1 rings (SSSR count). The Kier molecular flexibility index (Phi) is 7.54. The molecule has 6 heteroatoms. The van der Waals surface area contributed by atoms with Gasteiger partial charge in [0.1, 0.15) is 11.6 Å². The molecule has 0 heterocycles. The highest BCUT2D eigenvalue weighted by Gasteiger charge is 2.08. The molecule has 0 bridgehead atoms. The molecule has 0 unspecified atom stereocenters. The van der Waals surface area contributed by atoms with E-state index in [-0.39, 0.29) is 16.6 Å². The van der Waals surface area contributed by atoms with E-state index in [0.29, 0.717) is 6.54 Å². The summed E-state index contributed by atoms with van der Waals surface area (Å²) in [6, 6.07) is 3.35. The third-order valence-electron chi connectivity index (χ3n) is 2.90. The average Bonchev–Trinajstić information content (AvgIpc) is 2.42. The first-order chi connectivity index (χ1) is 9.56. The molecule has 1 aromatic carbocycles. The summed E-state index contributed by atoms with van der Waals surface area (Å²) in [7, 11) is 0. The molecule has 1 aromatic rings.